The quantitative estimate of drug-likeness (QED) is 0.265. The molecule has 2 atom stereocenters. The summed E-state index contributed by atoms with van der Waals surface area (Å²) in [5, 5.41) is 0. The molecule has 0 aromatic heterocycles. The zero-order chi connectivity index (χ0) is 24.9. The lowest BCUT2D eigenvalue weighted by atomic mass is 9.95. The average Bonchev–Trinajstić information content (AvgIpc) is 2.88. The van der Waals surface area contributed by atoms with E-state index in [9.17, 15) is 0 Å². The molecule has 0 saturated heterocycles. The van der Waals surface area contributed by atoms with E-state index in [0.717, 1.165) is 33.8 Å². The molecule has 0 bridgehead atoms. The van der Waals surface area contributed by atoms with E-state index in [2.05, 4.69) is 88.4 Å². The summed E-state index contributed by atoms with van der Waals surface area (Å²) in [6.07, 6.45) is -0.511. The van der Waals surface area contributed by atoms with E-state index >= 15 is 0 Å². The van der Waals surface area contributed by atoms with Crippen LogP contribution in [0.2, 0.25) is 0 Å². The largest absolute Gasteiger partial charge is 0.497 e. The van der Waals surface area contributed by atoms with Crippen molar-refractivity contribution in [2.75, 3.05) is 14.2 Å². The Kier molecular flexibility index (Phi) is 7.57. The third-order valence-electron chi connectivity index (χ3n) is 6.78. The van der Waals surface area contributed by atoms with Gasteiger partial charge in [0.1, 0.15) is 23.7 Å². The Labute approximate surface area is 209 Å². The second kappa shape index (κ2) is 10.8. The second-order valence-electron chi connectivity index (χ2n) is 9.13. The predicted molar refractivity (Wildman–Crippen MR) is 143 cm³/mol. The molecule has 4 aromatic rings. The molecule has 4 rings (SSSR count). The molecule has 0 spiro atoms. The Balaban J connectivity index is 1.83. The van der Waals surface area contributed by atoms with Gasteiger partial charge in [0.05, 0.1) is 14.2 Å². The van der Waals surface area contributed by atoms with E-state index in [-0.39, 0.29) is 12.2 Å². The van der Waals surface area contributed by atoms with Crippen molar-refractivity contribution in [1.29, 1.82) is 0 Å². The molecule has 0 radical (unpaired) electrons. The second-order valence-corrected chi connectivity index (χ2v) is 9.13. The lowest BCUT2D eigenvalue weighted by Crippen LogP contribution is -2.14. The Morgan fingerprint density at radius 2 is 0.771 bits per heavy atom. The first-order valence-electron chi connectivity index (χ1n) is 12.0. The van der Waals surface area contributed by atoms with Gasteiger partial charge in [0.15, 0.2) is 0 Å². The molecule has 3 heteroatoms. The molecular weight excluding hydrogens is 432 g/mol. The van der Waals surface area contributed by atoms with Crippen LogP contribution < -0.4 is 9.47 Å². The molecule has 0 heterocycles. The molecule has 35 heavy (non-hydrogen) atoms. The van der Waals surface area contributed by atoms with Gasteiger partial charge in [-0.25, -0.2) is 0 Å². The molecular formula is C32H34O3. The van der Waals surface area contributed by atoms with Crippen molar-refractivity contribution in [3.05, 3.63) is 129 Å². The van der Waals surface area contributed by atoms with Gasteiger partial charge in [-0.2, -0.15) is 0 Å². The molecule has 2 unspecified atom stereocenters. The highest BCUT2D eigenvalue weighted by Crippen LogP contribution is 2.38. The van der Waals surface area contributed by atoms with Crippen LogP contribution in [0.3, 0.4) is 0 Å². The van der Waals surface area contributed by atoms with E-state index in [1.54, 1.807) is 14.2 Å². The monoisotopic (exact) mass is 466 g/mol. The molecule has 0 aliphatic heterocycles. The van der Waals surface area contributed by atoms with Crippen molar-refractivity contribution in [2.45, 2.75) is 39.9 Å². The van der Waals surface area contributed by atoms with Gasteiger partial charge in [-0.15, -0.1) is 0 Å². The van der Waals surface area contributed by atoms with E-state index in [4.69, 9.17) is 14.2 Å². The first kappa shape index (κ1) is 24.6. The summed E-state index contributed by atoms with van der Waals surface area (Å²) in [5.41, 5.74) is 9.44. The number of hydrogen-bond acceptors (Lipinski definition) is 3. The summed E-state index contributed by atoms with van der Waals surface area (Å²) in [4.78, 5) is 0. The molecule has 0 fully saturated rings. The summed E-state index contributed by atoms with van der Waals surface area (Å²) >= 11 is 0. The zero-order valence-electron chi connectivity index (χ0n) is 21.5. The minimum absolute atomic E-state index is 0.256. The first-order chi connectivity index (χ1) is 16.9. The SMILES string of the molecule is COc1ccc(C(OC(c2ccc(OC)cc2)c2ccc(C)c(C)c2)c2ccc(C)c(C)c2)cc1. The molecule has 4 aromatic carbocycles. The Morgan fingerprint density at radius 1 is 0.429 bits per heavy atom. The molecule has 0 amide bonds. The van der Waals surface area contributed by atoms with Crippen molar-refractivity contribution in [3.63, 3.8) is 0 Å². The van der Waals surface area contributed by atoms with Gasteiger partial charge in [0, 0.05) is 0 Å². The normalized spacial score (nSPS) is 12.7. The molecule has 0 aliphatic carbocycles. The highest BCUT2D eigenvalue weighted by atomic mass is 16.5. The average molecular weight is 467 g/mol. The van der Waals surface area contributed by atoms with Crippen molar-refractivity contribution >= 4 is 0 Å². The van der Waals surface area contributed by atoms with Crippen LogP contribution in [0.5, 0.6) is 11.5 Å². The predicted octanol–water partition coefficient (Wildman–Crippen LogP) is 7.83. The standard InChI is InChI=1S/C32H34O3/c1-21-7-9-27(19-23(21)3)31(25-11-15-29(33-5)16-12-25)35-32(26-13-17-30(34-6)18-14-26)28-10-8-22(2)24(4)20-28/h7-20,31-32H,1-6H3. The molecule has 3 nitrogen and oxygen atoms in total. The smallest absolute Gasteiger partial charge is 0.118 e. The Morgan fingerprint density at radius 3 is 1.09 bits per heavy atom. The summed E-state index contributed by atoms with van der Waals surface area (Å²) < 4.78 is 17.9. The van der Waals surface area contributed by atoms with E-state index in [1.807, 2.05) is 24.3 Å². The summed E-state index contributed by atoms with van der Waals surface area (Å²) in [5.74, 6) is 1.65. The molecule has 180 valence electrons. The molecule has 0 aliphatic rings. The van der Waals surface area contributed by atoms with Crippen molar-refractivity contribution in [3.8, 4) is 11.5 Å². The lowest BCUT2D eigenvalue weighted by Gasteiger charge is -2.28. The third kappa shape index (κ3) is 5.58. The highest BCUT2D eigenvalue weighted by Gasteiger charge is 2.24. The van der Waals surface area contributed by atoms with E-state index < -0.39 is 0 Å². The fraction of sp³-hybridized carbons (Fsp3) is 0.250. The van der Waals surface area contributed by atoms with Gasteiger partial charge >= 0.3 is 0 Å². The van der Waals surface area contributed by atoms with Gasteiger partial charge in [-0.05, 0) is 96.5 Å². The Hall–Kier alpha value is -3.56. The van der Waals surface area contributed by atoms with Gasteiger partial charge < -0.3 is 14.2 Å². The summed E-state index contributed by atoms with van der Waals surface area (Å²) in [7, 11) is 3.37. The van der Waals surface area contributed by atoms with Crippen LogP contribution in [0.15, 0.2) is 84.9 Å². The maximum absolute atomic E-state index is 7.05. The number of hydrogen-bond donors (Lipinski definition) is 0. The first-order valence-corrected chi connectivity index (χ1v) is 12.0. The Bertz CT molecular complexity index is 1170. The van der Waals surface area contributed by atoms with Crippen LogP contribution in [0.25, 0.3) is 0 Å². The van der Waals surface area contributed by atoms with Crippen molar-refractivity contribution in [1.82, 2.24) is 0 Å². The number of aryl methyl sites for hydroxylation is 4. The van der Waals surface area contributed by atoms with E-state index in [1.165, 1.54) is 22.3 Å². The topological polar surface area (TPSA) is 27.7 Å². The third-order valence-corrected chi connectivity index (χ3v) is 6.78. The number of ether oxygens (including phenoxy) is 3. The van der Waals surface area contributed by atoms with Crippen LogP contribution in [-0.2, 0) is 4.74 Å². The van der Waals surface area contributed by atoms with Crippen LogP contribution in [0.4, 0.5) is 0 Å². The van der Waals surface area contributed by atoms with Gasteiger partial charge in [0.25, 0.3) is 0 Å². The zero-order valence-corrected chi connectivity index (χ0v) is 21.5. The van der Waals surface area contributed by atoms with Gasteiger partial charge in [-0.3, -0.25) is 0 Å². The summed E-state index contributed by atoms with van der Waals surface area (Å²) in [6.45, 7) is 8.57. The van der Waals surface area contributed by atoms with Crippen LogP contribution >= 0.6 is 0 Å². The fourth-order valence-corrected chi connectivity index (χ4v) is 4.25. The van der Waals surface area contributed by atoms with Crippen LogP contribution in [0, 0.1) is 27.7 Å². The molecule has 0 N–H and O–H groups in total. The van der Waals surface area contributed by atoms with Gasteiger partial charge in [0.2, 0.25) is 0 Å². The number of benzene rings is 4. The highest BCUT2D eigenvalue weighted by molar-refractivity contribution is 5.41. The van der Waals surface area contributed by atoms with Crippen molar-refractivity contribution < 1.29 is 14.2 Å². The van der Waals surface area contributed by atoms with Gasteiger partial charge in [-0.1, -0.05) is 60.7 Å². The fourth-order valence-electron chi connectivity index (χ4n) is 4.25. The lowest BCUT2D eigenvalue weighted by molar-refractivity contribution is 0.0307. The number of rotatable bonds is 8. The van der Waals surface area contributed by atoms with Crippen LogP contribution in [-0.4, -0.2) is 14.2 Å². The minimum atomic E-state index is -0.256. The maximum Gasteiger partial charge on any atom is 0.118 e. The minimum Gasteiger partial charge on any atom is -0.497 e. The molecule has 0 saturated carbocycles. The van der Waals surface area contributed by atoms with E-state index in [0.29, 0.717) is 0 Å². The van der Waals surface area contributed by atoms with Crippen molar-refractivity contribution in [2.24, 2.45) is 0 Å². The van der Waals surface area contributed by atoms with Crippen LogP contribution in [0.1, 0.15) is 56.7 Å². The maximum atomic E-state index is 7.05. The number of methoxy groups -OCH3 is 2. The summed E-state index contributed by atoms with van der Waals surface area (Å²) in [6, 6.07) is 29.5.